The number of nitrogens with zero attached hydrogens (tertiary/aromatic N) is 1. The average molecular weight is 459 g/mol. The Morgan fingerprint density at radius 3 is 2.79 bits per heavy atom. The fourth-order valence-corrected chi connectivity index (χ4v) is 3.83. The predicted octanol–water partition coefficient (Wildman–Crippen LogP) is 3.66. The lowest BCUT2D eigenvalue weighted by Crippen LogP contribution is -2.38. The van der Waals surface area contributed by atoms with E-state index in [0.717, 1.165) is 54.1 Å². The second-order valence-electron chi connectivity index (χ2n) is 6.91. The predicted molar refractivity (Wildman–Crippen MR) is 116 cm³/mol. The smallest absolute Gasteiger partial charge is 0.256 e. The molecule has 1 amide bonds. The van der Waals surface area contributed by atoms with Crippen LogP contribution >= 0.6 is 15.9 Å². The normalized spacial score (nSPS) is 17.9. The Hall–Kier alpha value is -2.35. The minimum Gasteiger partial charge on any atom is -0.493 e. The monoisotopic (exact) mass is 458 g/mol. The minimum absolute atomic E-state index is 0.108. The SMILES string of the molecule is COc1cc(/C=C2\C(=O)Nc3ccc(Br)cc32)ccc1OCCN1CCOCC1. The van der Waals surface area contributed by atoms with Gasteiger partial charge in [-0.25, -0.2) is 0 Å². The fourth-order valence-electron chi connectivity index (χ4n) is 3.47. The first-order chi connectivity index (χ1) is 14.1. The largest absolute Gasteiger partial charge is 0.493 e. The van der Waals surface area contributed by atoms with Crippen molar-refractivity contribution in [2.75, 3.05) is 51.9 Å². The topological polar surface area (TPSA) is 60.0 Å². The molecule has 4 rings (SSSR count). The highest BCUT2D eigenvalue weighted by molar-refractivity contribution is 9.10. The number of rotatable bonds is 6. The number of anilines is 1. The number of carbonyl (C=O) groups excluding carboxylic acids is 1. The molecule has 7 heteroatoms. The van der Waals surface area contributed by atoms with Gasteiger partial charge in [0.1, 0.15) is 6.61 Å². The number of methoxy groups -OCH3 is 1. The first-order valence-electron chi connectivity index (χ1n) is 9.58. The number of morpholine rings is 1. The van der Waals surface area contributed by atoms with Gasteiger partial charge in [-0.05, 0) is 42.0 Å². The van der Waals surface area contributed by atoms with Crippen molar-refractivity contribution in [2.24, 2.45) is 0 Å². The summed E-state index contributed by atoms with van der Waals surface area (Å²) in [7, 11) is 1.62. The van der Waals surface area contributed by atoms with Crippen LogP contribution in [0.4, 0.5) is 5.69 Å². The van der Waals surface area contributed by atoms with E-state index in [1.807, 2.05) is 42.5 Å². The number of ether oxygens (including phenoxy) is 3. The fraction of sp³-hybridized carbons (Fsp3) is 0.318. The Balaban J connectivity index is 1.49. The number of hydrogen-bond acceptors (Lipinski definition) is 5. The van der Waals surface area contributed by atoms with Gasteiger partial charge in [0.15, 0.2) is 11.5 Å². The number of halogens is 1. The van der Waals surface area contributed by atoms with Crippen molar-refractivity contribution in [2.45, 2.75) is 0 Å². The Morgan fingerprint density at radius 2 is 2.00 bits per heavy atom. The van der Waals surface area contributed by atoms with Gasteiger partial charge < -0.3 is 19.5 Å². The molecule has 2 aliphatic rings. The first-order valence-corrected chi connectivity index (χ1v) is 10.4. The van der Waals surface area contributed by atoms with Gasteiger partial charge in [0.25, 0.3) is 5.91 Å². The molecule has 1 saturated heterocycles. The van der Waals surface area contributed by atoms with E-state index in [4.69, 9.17) is 14.2 Å². The minimum atomic E-state index is -0.108. The molecule has 0 bridgehead atoms. The van der Waals surface area contributed by atoms with Gasteiger partial charge >= 0.3 is 0 Å². The van der Waals surface area contributed by atoms with Gasteiger partial charge in [-0.15, -0.1) is 0 Å². The maximum Gasteiger partial charge on any atom is 0.256 e. The highest BCUT2D eigenvalue weighted by atomic mass is 79.9. The van der Waals surface area contributed by atoms with Crippen LogP contribution in [0.25, 0.3) is 11.6 Å². The van der Waals surface area contributed by atoms with E-state index in [0.29, 0.717) is 23.7 Å². The zero-order valence-electron chi connectivity index (χ0n) is 16.2. The van der Waals surface area contributed by atoms with Gasteiger partial charge in [0.2, 0.25) is 0 Å². The number of amides is 1. The summed E-state index contributed by atoms with van der Waals surface area (Å²) in [6, 6.07) is 11.5. The van der Waals surface area contributed by atoms with Gasteiger partial charge in [-0.1, -0.05) is 22.0 Å². The average Bonchev–Trinajstić information content (AvgIpc) is 3.04. The molecule has 2 heterocycles. The van der Waals surface area contributed by atoms with Crippen LogP contribution in [0.1, 0.15) is 11.1 Å². The summed E-state index contributed by atoms with van der Waals surface area (Å²) >= 11 is 3.47. The maximum absolute atomic E-state index is 12.4. The Bertz CT molecular complexity index is 938. The van der Waals surface area contributed by atoms with Crippen LogP contribution in [0.15, 0.2) is 40.9 Å². The summed E-state index contributed by atoms with van der Waals surface area (Å²) in [5.41, 5.74) is 3.21. The van der Waals surface area contributed by atoms with E-state index in [9.17, 15) is 4.79 Å². The molecule has 0 aliphatic carbocycles. The number of carbonyl (C=O) groups is 1. The standard InChI is InChI=1S/C22H23BrN2O4/c1-27-21-13-15(2-5-20(21)29-11-8-25-6-9-28-10-7-25)12-18-17-14-16(23)3-4-19(17)24-22(18)26/h2-5,12-14H,6-11H2,1H3,(H,24,26)/b18-12-. The lowest BCUT2D eigenvalue weighted by Gasteiger charge is -2.26. The summed E-state index contributed by atoms with van der Waals surface area (Å²) in [5.74, 6) is 1.24. The molecule has 2 aromatic carbocycles. The van der Waals surface area contributed by atoms with Crippen molar-refractivity contribution in [3.8, 4) is 11.5 Å². The van der Waals surface area contributed by atoms with E-state index in [1.54, 1.807) is 7.11 Å². The summed E-state index contributed by atoms with van der Waals surface area (Å²) < 4.78 is 17.7. The molecule has 0 aromatic heterocycles. The molecule has 1 fully saturated rings. The first kappa shape index (κ1) is 19.9. The van der Waals surface area contributed by atoms with Crippen molar-refractivity contribution in [3.63, 3.8) is 0 Å². The van der Waals surface area contributed by atoms with Gasteiger partial charge in [-0.2, -0.15) is 0 Å². The Morgan fingerprint density at radius 1 is 1.17 bits per heavy atom. The van der Waals surface area contributed by atoms with E-state index in [2.05, 4.69) is 26.1 Å². The van der Waals surface area contributed by atoms with E-state index >= 15 is 0 Å². The third kappa shape index (κ3) is 4.63. The van der Waals surface area contributed by atoms with Crippen LogP contribution in [-0.4, -0.2) is 57.4 Å². The lowest BCUT2D eigenvalue weighted by atomic mass is 10.0. The molecule has 0 atom stereocenters. The van der Waals surface area contributed by atoms with Gasteiger partial charge in [-0.3, -0.25) is 9.69 Å². The Kier molecular flexibility index (Phi) is 6.18. The van der Waals surface area contributed by atoms with Crippen LogP contribution in [0.2, 0.25) is 0 Å². The molecule has 29 heavy (non-hydrogen) atoms. The zero-order chi connectivity index (χ0) is 20.2. The van der Waals surface area contributed by atoms with Crippen molar-refractivity contribution in [1.29, 1.82) is 0 Å². The van der Waals surface area contributed by atoms with Crippen molar-refractivity contribution in [1.82, 2.24) is 4.90 Å². The third-order valence-electron chi connectivity index (χ3n) is 5.03. The lowest BCUT2D eigenvalue weighted by molar-refractivity contribution is -0.110. The molecule has 6 nitrogen and oxygen atoms in total. The summed E-state index contributed by atoms with van der Waals surface area (Å²) in [6.45, 7) is 4.87. The zero-order valence-corrected chi connectivity index (χ0v) is 17.8. The van der Waals surface area contributed by atoms with Crippen molar-refractivity contribution < 1.29 is 19.0 Å². The van der Waals surface area contributed by atoms with Gasteiger partial charge in [0.05, 0.1) is 20.3 Å². The van der Waals surface area contributed by atoms with Crippen molar-refractivity contribution >= 4 is 39.2 Å². The highest BCUT2D eigenvalue weighted by Crippen LogP contribution is 2.36. The van der Waals surface area contributed by atoms with Crippen LogP contribution in [-0.2, 0) is 9.53 Å². The number of benzene rings is 2. The Labute approximate surface area is 178 Å². The van der Waals surface area contributed by atoms with E-state index < -0.39 is 0 Å². The van der Waals surface area contributed by atoms with Crippen LogP contribution in [0, 0.1) is 0 Å². The molecular formula is C22H23BrN2O4. The second kappa shape index (κ2) is 8.98. The number of hydrogen-bond donors (Lipinski definition) is 1. The van der Waals surface area contributed by atoms with Crippen LogP contribution in [0.5, 0.6) is 11.5 Å². The quantitative estimate of drug-likeness (QED) is 0.669. The summed E-state index contributed by atoms with van der Waals surface area (Å²) in [4.78, 5) is 14.7. The molecule has 2 aliphatic heterocycles. The molecule has 0 saturated carbocycles. The molecule has 152 valence electrons. The van der Waals surface area contributed by atoms with Gasteiger partial charge in [0, 0.05) is 40.9 Å². The van der Waals surface area contributed by atoms with Crippen molar-refractivity contribution in [3.05, 3.63) is 52.0 Å². The van der Waals surface area contributed by atoms with E-state index in [1.165, 1.54) is 0 Å². The molecular weight excluding hydrogens is 436 g/mol. The van der Waals surface area contributed by atoms with E-state index in [-0.39, 0.29) is 5.91 Å². The molecule has 0 unspecified atom stereocenters. The maximum atomic E-state index is 12.4. The number of nitrogens with one attached hydrogen (secondary N) is 1. The highest BCUT2D eigenvalue weighted by Gasteiger charge is 2.24. The summed E-state index contributed by atoms with van der Waals surface area (Å²) in [5, 5.41) is 2.90. The molecule has 2 aromatic rings. The van der Waals surface area contributed by atoms with Crippen LogP contribution < -0.4 is 14.8 Å². The third-order valence-corrected chi connectivity index (χ3v) is 5.53. The molecule has 0 spiro atoms. The molecule has 0 radical (unpaired) electrons. The van der Waals surface area contributed by atoms with Crippen LogP contribution in [0.3, 0.4) is 0 Å². The summed E-state index contributed by atoms with van der Waals surface area (Å²) in [6.07, 6.45) is 1.87. The molecule has 1 N–H and O–H groups in total. The second-order valence-corrected chi connectivity index (χ2v) is 7.83. The number of fused-ring (bicyclic) bond motifs is 1.